The first-order valence-corrected chi connectivity index (χ1v) is 6.84. The SMILES string of the molecule is CC(=O)Nc1ccc(C(=O)COc2cc(F)ccc2[N+](=O)[O-])cc1. The summed E-state index contributed by atoms with van der Waals surface area (Å²) in [6.07, 6.45) is 0. The van der Waals surface area contributed by atoms with Gasteiger partial charge in [-0.15, -0.1) is 0 Å². The van der Waals surface area contributed by atoms with Crippen molar-refractivity contribution in [2.75, 3.05) is 11.9 Å². The summed E-state index contributed by atoms with van der Waals surface area (Å²) >= 11 is 0. The lowest BCUT2D eigenvalue weighted by Gasteiger charge is -2.07. The van der Waals surface area contributed by atoms with Gasteiger partial charge in [-0.05, 0) is 30.3 Å². The second-order valence-electron chi connectivity index (χ2n) is 4.84. The van der Waals surface area contributed by atoms with Crippen molar-refractivity contribution in [3.8, 4) is 5.75 Å². The lowest BCUT2D eigenvalue weighted by molar-refractivity contribution is -0.385. The summed E-state index contributed by atoms with van der Waals surface area (Å²) < 4.78 is 18.3. The number of nitrogens with one attached hydrogen (secondary N) is 1. The number of rotatable bonds is 6. The van der Waals surface area contributed by atoms with E-state index in [0.29, 0.717) is 11.3 Å². The van der Waals surface area contributed by atoms with Crippen LogP contribution in [0.1, 0.15) is 17.3 Å². The quantitative estimate of drug-likeness (QED) is 0.498. The molecule has 0 aromatic heterocycles. The molecule has 2 aromatic rings. The number of nitrogens with zero attached hydrogens (tertiary/aromatic N) is 1. The molecule has 0 aliphatic rings. The first-order valence-electron chi connectivity index (χ1n) is 6.84. The van der Waals surface area contributed by atoms with Gasteiger partial charge in [0.1, 0.15) is 5.82 Å². The molecule has 0 aliphatic heterocycles. The maximum Gasteiger partial charge on any atom is 0.311 e. The van der Waals surface area contributed by atoms with E-state index in [9.17, 15) is 24.1 Å². The Bertz CT molecular complexity index is 790. The van der Waals surface area contributed by atoms with E-state index in [1.54, 1.807) is 12.1 Å². The largest absolute Gasteiger partial charge is 0.478 e. The van der Waals surface area contributed by atoms with Crippen LogP contribution in [0.5, 0.6) is 5.75 Å². The molecule has 7 nitrogen and oxygen atoms in total. The third kappa shape index (κ3) is 4.35. The van der Waals surface area contributed by atoms with Gasteiger partial charge >= 0.3 is 5.69 Å². The molecule has 2 rings (SSSR count). The second-order valence-corrected chi connectivity index (χ2v) is 4.84. The number of ether oxygens (including phenoxy) is 1. The summed E-state index contributed by atoms with van der Waals surface area (Å²) in [6, 6.07) is 8.81. The fourth-order valence-electron chi connectivity index (χ4n) is 1.92. The number of anilines is 1. The van der Waals surface area contributed by atoms with Crippen LogP contribution in [-0.4, -0.2) is 23.2 Å². The fourth-order valence-corrected chi connectivity index (χ4v) is 1.92. The number of hydrogen-bond donors (Lipinski definition) is 1. The molecular formula is C16H13FN2O5. The van der Waals surface area contributed by atoms with Gasteiger partial charge in [0.25, 0.3) is 0 Å². The number of halogens is 1. The summed E-state index contributed by atoms with van der Waals surface area (Å²) in [6.45, 7) is 0.878. The molecule has 0 atom stereocenters. The standard InChI is InChI=1S/C16H13FN2O5/c1-10(20)18-13-5-2-11(3-6-13)15(21)9-24-16-8-12(17)4-7-14(16)19(22)23/h2-8H,9H2,1H3,(H,18,20). The third-order valence-electron chi connectivity index (χ3n) is 3.00. The van der Waals surface area contributed by atoms with Crippen molar-refractivity contribution in [2.24, 2.45) is 0 Å². The van der Waals surface area contributed by atoms with Crippen molar-refractivity contribution < 1.29 is 23.6 Å². The van der Waals surface area contributed by atoms with E-state index in [1.807, 2.05) is 0 Å². The van der Waals surface area contributed by atoms with Crippen LogP contribution in [0.15, 0.2) is 42.5 Å². The molecule has 2 aromatic carbocycles. The second kappa shape index (κ2) is 7.32. The van der Waals surface area contributed by atoms with Crippen LogP contribution in [0, 0.1) is 15.9 Å². The van der Waals surface area contributed by atoms with Crippen molar-refractivity contribution in [1.29, 1.82) is 0 Å². The smallest absolute Gasteiger partial charge is 0.311 e. The maximum absolute atomic E-state index is 13.2. The van der Waals surface area contributed by atoms with Gasteiger partial charge in [0.05, 0.1) is 4.92 Å². The molecule has 0 heterocycles. The predicted molar refractivity (Wildman–Crippen MR) is 83.6 cm³/mol. The Labute approximate surface area is 136 Å². The van der Waals surface area contributed by atoms with Gasteiger partial charge in [0, 0.05) is 30.3 Å². The number of nitro benzene ring substituents is 1. The van der Waals surface area contributed by atoms with Gasteiger partial charge in [-0.1, -0.05) is 0 Å². The predicted octanol–water partition coefficient (Wildman–Crippen LogP) is 2.95. The monoisotopic (exact) mass is 332 g/mol. The molecule has 0 fully saturated rings. The summed E-state index contributed by atoms with van der Waals surface area (Å²) in [5, 5.41) is 13.4. The van der Waals surface area contributed by atoms with Crippen molar-refractivity contribution in [2.45, 2.75) is 6.92 Å². The van der Waals surface area contributed by atoms with Gasteiger partial charge in [0.2, 0.25) is 5.91 Å². The first-order chi connectivity index (χ1) is 11.4. The average Bonchev–Trinajstić information content (AvgIpc) is 2.52. The van der Waals surface area contributed by atoms with Crippen LogP contribution in [0.4, 0.5) is 15.8 Å². The average molecular weight is 332 g/mol. The number of amides is 1. The highest BCUT2D eigenvalue weighted by Gasteiger charge is 2.17. The van der Waals surface area contributed by atoms with Crippen molar-refractivity contribution in [3.05, 3.63) is 64.0 Å². The Morgan fingerprint density at radius 2 is 1.88 bits per heavy atom. The minimum absolute atomic E-state index is 0.240. The number of ketones is 1. The number of carbonyl (C=O) groups excluding carboxylic acids is 2. The first kappa shape index (κ1) is 17.1. The Kier molecular flexibility index (Phi) is 5.20. The zero-order valence-electron chi connectivity index (χ0n) is 12.6. The normalized spacial score (nSPS) is 10.1. The highest BCUT2D eigenvalue weighted by Crippen LogP contribution is 2.27. The van der Waals surface area contributed by atoms with E-state index in [-0.39, 0.29) is 11.7 Å². The van der Waals surface area contributed by atoms with Gasteiger partial charge in [0.15, 0.2) is 18.1 Å². The molecule has 24 heavy (non-hydrogen) atoms. The van der Waals surface area contributed by atoms with E-state index in [1.165, 1.54) is 19.1 Å². The topological polar surface area (TPSA) is 98.5 Å². The van der Waals surface area contributed by atoms with Gasteiger partial charge in [-0.3, -0.25) is 19.7 Å². The van der Waals surface area contributed by atoms with Gasteiger partial charge < -0.3 is 10.1 Å². The minimum atomic E-state index is -0.721. The van der Waals surface area contributed by atoms with E-state index in [2.05, 4.69) is 5.32 Å². The fraction of sp³-hybridized carbons (Fsp3) is 0.125. The Balaban J connectivity index is 2.07. The molecule has 1 N–H and O–H groups in total. The molecule has 1 amide bonds. The third-order valence-corrected chi connectivity index (χ3v) is 3.00. The minimum Gasteiger partial charge on any atom is -0.478 e. The van der Waals surface area contributed by atoms with Crippen molar-refractivity contribution >= 4 is 23.1 Å². The van der Waals surface area contributed by atoms with Crippen LogP contribution < -0.4 is 10.1 Å². The van der Waals surface area contributed by atoms with E-state index < -0.39 is 28.8 Å². The van der Waals surface area contributed by atoms with E-state index in [4.69, 9.17) is 4.74 Å². The summed E-state index contributed by atoms with van der Waals surface area (Å²) in [4.78, 5) is 33.1. The van der Waals surface area contributed by atoms with Crippen LogP contribution in [0.25, 0.3) is 0 Å². The Morgan fingerprint density at radius 1 is 1.21 bits per heavy atom. The number of hydrogen-bond acceptors (Lipinski definition) is 5. The maximum atomic E-state index is 13.2. The molecule has 0 aliphatic carbocycles. The molecule has 0 bridgehead atoms. The van der Waals surface area contributed by atoms with Crippen LogP contribution in [-0.2, 0) is 4.79 Å². The van der Waals surface area contributed by atoms with Crippen molar-refractivity contribution in [3.63, 3.8) is 0 Å². The molecule has 124 valence electrons. The highest BCUT2D eigenvalue weighted by atomic mass is 19.1. The van der Waals surface area contributed by atoms with E-state index in [0.717, 1.165) is 18.2 Å². The van der Waals surface area contributed by atoms with Crippen LogP contribution >= 0.6 is 0 Å². The Hall–Kier alpha value is -3.29. The van der Waals surface area contributed by atoms with Crippen molar-refractivity contribution in [1.82, 2.24) is 0 Å². The van der Waals surface area contributed by atoms with E-state index >= 15 is 0 Å². The number of Topliss-reactive ketones (excluding diaryl/α,β-unsaturated/α-hetero) is 1. The lowest BCUT2D eigenvalue weighted by atomic mass is 10.1. The number of carbonyl (C=O) groups is 2. The molecule has 0 saturated carbocycles. The molecular weight excluding hydrogens is 319 g/mol. The zero-order chi connectivity index (χ0) is 17.7. The zero-order valence-corrected chi connectivity index (χ0v) is 12.6. The van der Waals surface area contributed by atoms with Crippen LogP contribution in [0.3, 0.4) is 0 Å². The summed E-state index contributed by atoms with van der Waals surface area (Å²) in [5.41, 5.74) is 0.397. The van der Waals surface area contributed by atoms with Gasteiger partial charge in [-0.2, -0.15) is 0 Å². The molecule has 8 heteroatoms. The Morgan fingerprint density at radius 3 is 2.46 bits per heavy atom. The lowest BCUT2D eigenvalue weighted by Crippen LogP contribution is -2.13. The summed E-state index contributed by atoms with van der Waals surface area (Å²) in [5.74, 6) is -1.70. The summed E-state index contributed by atoms with van der Waals surface area (Å²) in [7, 11) is 0. The molecule has 0 radical (unpaired) electrons. The molecule has 0 unspecified atom stereocenters. The number of nitro groups is 1. The highest BCUT2D eigenvalue weighted by molar-refractivity contribution is 5.98. The van der Waals surface area contributed by atoms with Crippen LogP contribution in [0.2, 0.25) is 0 Å². The van der Waals surface area contributed by atoms with Gasteiger partial charge in [-0.25, -0.2) is 4.39 Å². The number of benzene rings is 2. The molecule has 0 spiro atoms. The molecule has 0 saturated heterocycles.